The molecule has 2 aromatic rings. The predicted molar refractivity (Wildman–Crippen MR) is 93.4 cm³/mol. The molecule has 25 heavy (non-hydrogen) atoms. The van der Waals surface area contributed by atoms with E-state index in [4.69, 9.17) is 4.74 Å². The monoisotopic (exact) mass is 364 g/mol. The Morgan fingerprint density at radius 2 is 1.64 bits per heavy atom. The van der Waals surface area contributed by atoms with Gasteiger partial charge in [-0.2, -0.15) is 4.31 Å². The van der Waals surface area contributed by atoms with Crippen LogP contribution in [0.25, 0.3) is 0 Å². The molecule has 0 bridgehead atoms. The van der Waals surface area contributed by atoms with Crippen LogP contribution in [0.4, 0.5) is 4.39 Å². The summed E-state index contributed by atoms with van der Waals surface area (Å²) in [6.07, 6.45) is 0. The number of ether oxygens (including phenoxy) is 1. The van der Waals surface area contributed by atoms with Crippen molar-refractivity contribution in [2.24, 2.45) is 0 Å². The van der Waals surface area contributed by atoms with Gasteiger partial charge in [-0.05, 0) is 18.2 Å². The van der Waals surface area contributed by atoms with Crippen LogP contribution in [0.3, 0.4) is 0 Å². The molecule has 3 rings (SSSR count). The zero-order valence-electron chi connectivity index (χ0n) is 14.1. The van der Waals surface area contributed by atoms with Crippen molar-refractivity contribution in [3.8, 4) is 5.75 Å². The molecule has 1 aliphatic rings. The van der Waals surface area contributed by atoms with Crippen LogP contribution < -0.4 is 4.74 Å². The van der Waals surface area contributed by atoms with Crippen molar-refractivity contribution in [1.82, 2.24) is 9.21 Å². The van der Waals surface area contributed by atoms with E-state index in [1.54, 1.807) is 7.11 Å². The first-order chi connectivity index (χ1) is 12.0. The maximum Gasteiger partial charge on any atom is 0.246 e. The number of piperazine rings is 1. The summed E-state index contributed by atoms with van der Waals surface area (Å²) in [4.78, 5) is 1.92. The summed E-state index contributed by atoms with van der Waals surface area (Å²) in [5, 5.41) is 0. The molecule has 0 spiro atoms. The van der Waals surface area contributed by atoms with Crippen LogP contribution in [0.15, 0.2) is 53.4 Å². The van der Waals surface area contributed by atoms with Gasteiger partial charge in [0.1, 0.15) is 16.5 Å². The maximum atomic E-state index is 13.9. The number of hydrogen-bond acceptors (Lipinski definition) is 4. The molecule has 2 aromatic carbocycles. The van der Waals surface area contributed by atoms with Crippen LogP contribution in [0, 0.1) is 5.82 Å². The number of methoxy groups -OCH3 is 1. The van der Waals surface area contributed by atoms with Crippen LogP contribution in [0.1, 0.15) is 5.56 Å². The van der Waals surface area contributed by atoms with Gasteiger partial charge in [0.2, 0.25) is 10.0 Å². The van der Waals surface area contributed by atoms with Gasteiger partial charge < -0.3 is 4.74 Å². The second-order valence-corrected chi connectivity index (χ2v) is 7.83. The largest absolute Gasteiger partial charge is 0.496 e. The fourth-order valence-electron chi connectivity index (χ4n) is 3.00. The van der Waals surface area contributed by atoms with Crippen molar-refractivity contribution < 1.29 is 17.5 Å². The topological polar surface area (TPSA) is 49.9 Å². The second-order valence-electron chi connectivity index (χ2n) is 5.92. The van der Waals surface area contributed by atoms with E-state index in [1.807, 2.05) is 24.3 Å². The standard InChI is InChI=1S/C18H21FN2O3S/c1-24-17-8-4-2-6-15(17)14-20-10-12-21(13-11-20)25(22,23)18-9-5-3-7-16(18)19/h2-9H,10-14H2,1H3. The summed E-state index contributed by atoms with van der Waals surface area (Å²) in [5.41, 5.74) is 1.07. The molecule has 1 heterocycles. The highest BCUT2D eigenvalue weighted by molar-refractivity contribution is 7.89. The van der Waals surface area contributed by atoms with Gasteiger partial charge in [-0.15, -0.1) is 0 Å². The number of para-hydroxylation sites is 1. The Hall–Kier alpha value is -1.96. The Morgan fingerprint density at radius 3 is 2.32 bits per heavy atom. The quantitative estimate of drug-likeness (QED) is 0.817. The minimum absolute atomic E-state index is 0.256. The minimum Gasteiger partial charge on any atom is -0.496 e. The van der Waals surface area contributed by atoms with Gasteiger partial charge in [0.05, 0.1) is 7.11 Å². The van der Waals surface area contributed by atoms with E-state index in [0.717, 1.165) is 11.3 Å². The van der Waals surface area contributed by atoms with Crippen molar-refractivity contribution >= 4 is 10.0 Å². The first-order valence-corrected chi connectivity index (χ1v) is 9.55. The van der Waals surface area contributed by atoms with Crippen molar-refractivity contribution in [3.05, 3.63) is 59.9 Å². The lowest BCUT2D eigenvalue weighted by Crippen LogP contribution is -2.48. The maximum absolute atomic E-state index is 13.9. The van der Waals surface area contributed by atoms with Gasteiger partial charge in [0.25, 0.3) is 0 Å². The molecule has 0 saturated carbocycles. The summed E-state index contributed by atoms with van der Waals surface area (Å²) in [5.74, 6) is 0.114. The van der Waals surface area contributed by atoms with Crippen LogP contribution in [-0.2, 0) is 16.6 Å². The smallest absolute Gasteiger partial charge is 0.246 e. The van der Waals surface area contributed by atoms with E-state index < -0.39 is 15.8 Å². The molecule has 0 radical (unpaired) electrons. The molecule has 5 nitrogen and oxygen atoms in total. The Morgan fingerprint density at radius 1 is 1.00 bits per heavy atom. The fourth-order valence-corrected chi connectivity index (χ4v) is 4.48. The van der Waals surface area contributed by atoms with Crippen molar-refractivity contribution in [1.29, 1.82) is 0 Å². The van der Waals surface area contributed by atoms with Gasteiger partial charge in [0.15, 0.2) is 0 Å². The van der Waals surface area contributed by atoms with Gasteiger partial charge >= 0.3 is 0 Å². The van der Waals surface area contributed by atoms with Crippen LogP contribution in [0.5, 0.6) is 5.75 Å². The van der Waals surface area contributed by atoms with Gasteiger partial charge in [0, 0.05) is 38.3 Å². The van der Waals surface area contributed by atoms with E-state index in [9.17, 15) is 12.8 Å². The van der Waals surface area contributed by atoms with Crippen LogP contribution in [-0.4, -0.2) is 50.9 Å². The number of sulfonamides is 1. The van der Waals surface area contributed by atoms with E-state index >= 15 is 0 Å². The molecule has 1 saturated heterocycles. The Balaban J connectivity index is 1.67. The normalized spacial score (nSPS) is 16.7. The lowest BCUT2D eigenvalue weighted by atomic mass is 10.2. The zero-order valence-corrected chi connectivity index (χ0v) is 14.9. The van der Waals surface area contributed by atoms with Gasteiger partial charge in [-0.25, -0.2) is 12.8 Å². The highest BCUT2D eigenvalue weighted by atomic mass is 32.2. The minimum atomic E-state index is -3.79. The van der Waals surface area contributed by atoms with E-state index in [0.29, 0.717) is 32.7 Å². The number of halogens is 1. The van der Waals surface area contributed by atoms with Gasteiger partial charge in [-0.3, -0.25) is 4.90 Å². The molecular weight excluding hydrogens is 343 g/mol. The summed E-state index contributed by atoms with van der Waals surface area (Å²) >= 11 is 0. The summed E-state index contributed by atoms with van der Waals surface area (Å²) in [6, 6.07) is 13.3. The van der Waals surface area contributed by atoms with Crippen LogP contribution >= 0.6 is 0 Å². The molecule has 1 aliphatic heterocycles. The molecule has 0 N–H and O–H groups in total. The molecule has 134 valence electrons. The molecular formula is C18H21FN2O3S. The molecule has 0 atom stereocenters. The highest BCUT2D eigenvalue weighted by Crippen LogP contribution is 2.23. The molecule has 0 aliphatic carbocycles. The molecule has 0 unspecified atom stereocenters. The summed E-state index contributed by atoms with van der Waals surface area (Å²) in [7, 11) is -2.16. The second kappa shape index (κ2) is 7.51. The third-order valence-electron chi connectivity index (χ3n) is 4.37. The van der Waals surface area contributed by atoms with E-state index in [2.05, 4.69) is 4.90 Å². The van der Waals surface area contributed by atoms with Gasteiger partial charge in [-0.1, -0.05) is 30.3 Å². The molecule has 1 fully saturated rings. The number of hydrogen-bond donors (Lipinski definition) is 0. The molecule has 0 aromatic heterocycles. The Bertz CT molecular complexity index is 834. The lowest BCUT2D eigenvalue weighted by molar-refractivity contribution is 0.180. The average Bonchev–Trinajstić information content (AvgIpc) is 2.63. The predicted octanol–water partition coefficient (Wildman–Crippen LogP) is 2.34. The third-order valence-corrected chi connectivity index (χ3v) is 6.30. The summed E-state index contributed by atoms with van der Waals surface area (Å²) < 4.78 is 45.8. The lowest BCUT2D eigenvalue weighted by Gasteiger charge is -2.34. The van der Waals surface area contributed by atoms with E-state index in [1.165, 1.54) is 28.6 Å². The number of rotatable bonds is 5. The average molecular weight is 364 g/mol. The van der Waals surface area contributed by atoms with Crippen LogP contribution in [0.2, 0.25) is 0 Å². The first-order valence-electron chi connectivity index (χ1n) is 8.11. The van der Waals surface area contributed by atoms with Crippen molar-refractivity contribution in [2.45, 2.75) is 11.4 Å². The highest BCUT2D eigenvalue weighted by Gasteiger charge is 2.30. The Kier molecular flexibility index (Phi) is 5.36. The summed E-state index contributed by atoms with van der Waals surface area (Å²) in [6.45, 7) is 2.55. The fraction of sp³-hybridized carbons (Fsp3) is 0.333. The zero-order chi connectivity index (χ0) is 17.9. The van der Waals surface area contributed by atoms with Crippen molar-refractivity contribution in [2.75, 3.05) is 33.3 Å². The van der Waals surface area contributed by atoms with Crippen molar-refractivity contribution in [3.63, 3.8) is 0 Å². The molecule has 7 heteroatoms. The molecule has 0 amide bonds. The first kappa shape index (κ1) is 17.8. The number of nitrogens with zero attached hydrogens (tertiary/aromatic N) is 2. The third kappa shape index (κ3) is 3.84. The van der Waals surface area contributed by atoms with E-state index in [-0.39, 0.29) is 4.90 Å². The number of benzene rings is 2. The SMILES string of the molecule is COc1ccccc1CN1CCN(S(=O)(=O)c2ccccc2F)CC1. The Labute approximate surface area is 147 Å².